The summed E-state index contributed by atoms with van der Waals surface area (Å²) in [6, 6.07) is 9.89. The zero-order valence-electron chi connectivity index (χ0n) is 11.8. The molecule has 5 nitrogen and oxygen atoms in total. The fourth-order valence-electron chi connectivity index (χ4n) is 1.60. The number of hydrogen-bond donors (Lipinski definition) is 2. The minimum absolute atomic E-state index is 0.0498. The van der Waals surface area contributed by atoms with E-state index in [4.69, 9.17) is 10.00 Å². The first kappa shape index (κ1) is 15.7. The number of methoxy groups -OCH3 is 1. The summed E-state index contributed by atoms with van der Waals surface area (Å²) in [5.74, 6) is -0.402. The highest BCUT2D eigenvalue weighted by Crippen LogP contribution is 2.03. The molecule has 1 aromatic carbocycles. The van der Waals surface area contributed by atoms with Gasteiger partial charge < -0.3 is 15.4 Å². The van der Waals surface area contributed by atoms with Crippen LogP contribution in [-0.2, 0) is 16.1 Å². The Balaban J connectivity index is 2.49. The number of rotatable bonds is 7. The molecule has 5 heteroatoms. The summed E-state index contributed by atoms with van der Waals surface area (Å²) < 4.78 is 4.82. The molecule has 106 valence electrons. The summed E-state index contributed by atoms with van der Waals surface area (Å²) in [6.45, 7) is 3.38. The Hall–Kier alpha value is -2.32. The summed E-state index contributed by atoms with van der Waals surface area (Å²) in [4.78, 5) is 11.6. The lowest BCUT2D eigenvalue weighted by Crippen LogP contribution is -2.28. The third kappa shape index (κ3) is 5.55. The standard InChI is InChI=1S/C15H19N3O2/c1-12-4-3-5-13(8-12)10-17-11-14(9-16)15(19)18-6-7-20-2/h3-5,8,11,17H,6-7,10H2,1-2H3,(H,18,19)/b14-11-. The van der Waals surface area contributed by atoms with E-state index in [1.807, 2.05) is 37.3 Å². The van der Waals surface area contributed by atoms with Crippen LogP contribution >= 0.6 is 0 Å². The molecule has 0 aliphatic heterocycles. The first-order valence-electron chi connectivity index (χ1n) is 6.33. The molecule has 0 saturated carbocycles. The molecular weight excluding hydrogens is 254 g/mol. The maximum atomic E-state index is 11.6. The van der Waals surface area contributed by atoms with Gasteiger partial charge in [-0.3, -0.25) is 4.79 Å². The first-order chi connectivity index (χ1) is 9.67. The molecule has 2 N–H and O–H groups in total. The van der Waals surface area contributed by atoms with Crippen LogP contribution in [0.15, 0.2) is 36.0 Å². The average molecular weight is 273 g/mol. The van der Waals surface area contributed by atoms with Crippen LogP contribution in [0, 0.1) is 18.3 Å². The van der Waals surface area contributed by atoms with E-state index in [0.29, 0.717) is 19.7 Å². The van der Waals surface area contributed by atoms with Gasteiger partial charge in [-0.15, -0.1) is 0 Å². The number of carbonyl (C=O) groups is 1. The summed E-state index contributed by atoms with van der Waals surface area (Å²) >= 11 is 0. The molecule has 1 amide bonds. The Morgan fingerprint density at radius 1 is 1.50 bits per heavy atom. The normalized spacial score (nSPS) is 10.8. The van der Waals surface area contributed by atoms with Gasteiger partial charge in [0.25, 0.3) is 5.91 Å². The molecule has 20 heavy (non-hydrogen) atoms. The van der Waals surface area contributed by atoms with Crippen molar-refractivity contribution >= 4 is 5.91 Å². The van der Waals surface area contributed by atoms with E-state index < -0.39 is 5.91 Å². The average Bonchev–Trinajstić information content (AvgIpc) is 2.44. The smallest absolute Gasteiger partial charge is 0.263 e. The van der Waals surface area contributed by atoms with Crippen LogP contribution < -0.4 is 10.6 Å². The van der Waals surface area contributed by atoms with Crippen molar-refractivity contribution in [3.8, 4) is 6.07 Å². The molecule has 0 saturated heterocycles. The summed E-state index contributed by atoms with van der Waals surface area (Å²) in [5.41, 5.74) is 2.32. The molecule has 0 fully saturated rings. The van der Waals surface area contributed by atoms with E-state index in [2.05, 4.69) is 10.6 Å². The van der Waals surface area contributed by atoms with Crippen LogP contribution in [0.1, 0.15) is 11.1 Å². The Morgan fingerprint density at radius 2 is 2.30 bits per heavy atom. The molecule has 1 rings (SSSR count). The fraction of sp³-hybridized carbons (Fsp3) is 0.333. The highest BCUT2D eigenvalue weighted by Gasteiger charge is 2.07. The zero-order valence-corrected chi connectivity index (χ0v) is 11.8. The van der Waals surface area contributed by atoms with Gasteiger partial charge in [0.05, 0.1) is 6.61 Å². The number of nitrogens with zero attached hydrogens (tertiary/aromatic N) is 1. The summed E-state index contributed by atoms with van der Waals surface area (Å²) in [6.07, 6.45) is 1.43. The van der Waals surface area contributed by atoms with Crippen molar-refractivity contribution in [1.29, 1.82) is 5.26 Å². The van der Waals surface area contributed by atoms with Crippen molar-refractivity contribution in [2.45, 2.75) is 13.5 Å². The van der Waals surface area contributed by atoms with Crippen LogP contribution in [-0.4, -0.2) is 26.2 Å². The molecule has 0 bridgehead atoms. The second-order valence-electron chi connectivity index (χ2n) is 4.29. The predicted molar refractivity (Wildman–Crippen MR) is 76.6 cm³/mol. The van der Waals surface area contributed by atoms with E-state index in [9.17, 15) is 4.79 Å². The Kier molecular flexibility index (Phi) is 6.87. The van der Waals surface area contributed by atoms with Crippen LogP contribution in [0.5, 0.6) is 0 Å². The van der Waals surface area contributed by atoms with Crippen molar-refractivity contribution in [3.05, 3.63) is 47.2 Å². The maximum Gasteiger partial charge on any atom is 0.263 e. The molecule has 0 aliphatic rings. The summed E-state index contributed by atoms with van der Waals surface area (Å²) in [7, 11) is 1.55. The van der Waals surface area contributed by atoms with E-state index >= 15 is 0 Å². The lowest BCUT2D eigenvalue weighted by molar-refractivity contribution is -0.117. The Morgan fingerprint density at radius 3 is 2.95 bits per heavy atom. The van der Waals surface area contributed by atoms with Crippen LogP contribution in [0.2, 0.25) is 0 Å². The third-order valence-corrected chi connectivity index (χ3v) is 2.59. The van der Waals surface area contributed by atoms with Gasteiger partial charge in [-0.1, -0.05) is 29.8 Å². The van der Waals surface area contributed by atoms with Crippen molar-refractivity contribution in [2.24, 2.45) is 0 Å². The van der Waals surface area contributed by atoms with Crippen LogP contribution in [0.4, 0.5) is 0 Å². The SMILES string of the molecule is COCCNC(=O)/C(C#N)=C\NCc1cccc(C)c1. The quantitative estimate of drug-likeness (QED) is 0.445. The number of nitrogens with one attached hydrogen (secondary N) is 2. The molecule has 0 atom stereocenters. The van der Waals surface area contributed by atoms with Crippen LogP contribution in [0.25, 0.3) is 0 Å². The van der Waals surface area contributed by atoms with Crippen molar-refractivity contribution in [1.82, 2.24) is 10.6 Å². The van der Waals surface area contributed by atoms with Gasteiger partial charge in [0.1, 0.15) is 11.6 Å². The van der Waals surface area contributed by atoms with Gasteiger partial charge in [-0.2, -0.15) is 5.26 Å². The molecule has 0 aliphatic carbocycles. The number of carbonyl (C=O) groups excluding carboxylic acids is 1. The lowest BCUT2D eigenvalue weighted by atomic mass is 10.1. The number of amides is 1. The van der Waals surface area contributed by atoms with E-state index in [1.54, 1.807) is 7.11 Å². The first-order valence-corrected chi connectivity index (χ1v) is 6.33. The lowest BCUT2D eigenvalue weighted by Gasteiger charge is -2.05. The monoisotopic (exact) mass is 273 g/mol. The number of ether oxygens (including phenoxy) is 1. The van der Waals surface area contributed by atoms with E-state index in [1.165, 1.54) is 11.8 Å². The Labute approximate surface area is 119 Å². The van der Waals surface area contributed by atoms with Gasteiger partial charge in [0, 0.05) is 26.4 Å². The topological polar surface area (TPSA) is 74.1 Å². The van der Waals surface area contributed by atoms with E-state index in [0.717, 1.165) is 5.56 Å². The van der Waals surface area contributed by atoms with Gasteiger partial charge >= 0.3 is 0 Å². The fourth-order valence-corrected chi connectivity index (χ4v) is 1.60. The molecule has 0 radical (unpaired) electrons. The number of benzene rings is 1. The van der Waals surface area contributed by atoms with Gasteiger partial charge in [-0.25, -0.2) is 0 Å². The second-order valence-corrected chi connectivity index (χ2v) is 4.29. The van der Waals surface area contributed by atoms with Gasteiger partial charge in [0.2, 0.25) is 0 Å². The second kappa shape index (κ2) is 8.73. The molecular formula is C15H19N3O2. The van der Waals surface area contributed by atoms with Crippen molar-refractivity contribution in [2.75, 3.05) is 20.3 Å². The summed E-state index contributed by atoms with van der Waals surface area (Å²) in [5, 5.41) is 14.5. The van der Waals surface area contributed by atoms with Crippen molar-refractivity contribution < 1.29 is 9.53 Å². The van der Waals surface area contributed by atoms with E-state index in [-0.39, 0.29) is 5.57 Å². The number of aryl methyl sites for hydroxylation is 1. The predicted octanol–water partition coefficient (Wildman–Crippen LogP) is 1.25. The molecule has 0 heterocycles. The third-order valence-electron chi connectivity index (χ3n) is 2.59. The van der Waals surface area contributed by atoms with Crippen LogP contribution in [0.3, 0.4) is 0 Å². The largest absolute Gasteiger partial charge is 0.386 e. The zero-order chi connectivity index (χ0) is 14.8. The maximum absolute atomic E-state index is 11.6. The minimum Gasteiger partial charge on any atom is -0.386 e. The minimum atomic E-state index is -0.402. The molecule has 0 aromatic heterocycles. The Bertz CT molecular complexity index is 518. The number of nitriles is 1. The molecule has 0 spiro atoms. The highest BCUT2D eigenvalue weighted by molar-refractivity contribution is 5.97. The number of hydrogen-bond acceptors (Lipinski definition) is 4. The van der Waals surface area contributed by atoms with Crippen molar-refractivity contribution in [3.63, 3.8) is 0 Å². The van der Waals surface area contributed by atoms with Gasteiger partial charge in [0.15, 0.2) is 0 Å². The van der Waals surface area contributed by atoms with Gasteiger partial charge in [-0.05, 0) is 12.5 Å². The highest BCUT2D eigenvalue weighted by atomic mass is 16.5. The molecule has 0 unspecified atom stereocenters. The molecule has 1 aromatic rings.